The maximum atomic E-state index is 12.8. The number of pyridine rings is 1. The summed E-state index contributed by atoms with van der Waals surface area (Å²) in [6, 6.07) is 18.9. The van der Waals surface area contributed by atoms with E-state index in [0.717, 1.165) is 33.7 Å². The first-order valence-electron chi connectivity index (χ1n) is 9.58. The van der Waals surface area contributed by atoms with Crippen molar-refractivity contribution in [3.05, 3.63) is 87.3 Å². The van der Waals surface area contributed by atoms with Crippen molar-refractivity contribution in [2.24, 2.45) is 0 Å². The molecule has 0 fully saturated rings. The SMILES string of the molecule is Cc1cc(=O)n(CCCOc2ccc(Cl)cc2)c2c1c(C)nn2-c1ccccc1. The summed E-state index contributed by atoms with van der Waals surface area (Å²) in [6.07, 6.45) is 0.694. The highest BCUT2D eigenvalue weighted by Crippen LogP contribution is 2.24. The summed E-state index contributed by atoms with van der Waals surface area (Å²) in [6.45, 7) is 4.98. The van der Waals surface area contributed by atoms with Gasteiger partial charge in [0.15, 0.2) is 0 Å². The fraction of sp³-hybridized carbons (Fsp3) is 0.217. The first kappa shape index (κ1) is 19.3. The molecule has 0 saturated carbocycles. The number of para-hydroxylation sites is 1. The highest BCUT2D eigenvalue weighted by Gasteiger charge is 2.16. The van der Waals surface area contributed by atoms with Crippen LogP contribution < -0.4 is 10.3 Å². The largest absolute Gasteiger partial charge is 0.494 e. The van der Waals surface area contributed by atoms with Crippen LogP contribution in [-0.4, -0.2) is 21.0 Å². The summed E-state index contributed by atoms with van der Waals surface area (Å²) >= 11 is 5.90. The van der Waals surface area contributed by atoms with E-state index in [1.807, 2.05) is 61.0 Å². The maximum Gasteiger partial charge on any atom is 0.252 e. The van der Waals surface area contributed by atoms with Crippen LogP contribution in [0, 0.1) is 13.8 Å². The van der Waals surface area contributed by atoms with Crippen LogP contribution in [0.5, 0.6) is 5.75 Å². The van der Waals surface area contributed by atoms with Crippen molar-refractivity contribution < 1.29 is 4.74 Å². The van der Waals surface area contributed by atoms with Crippen LogP contribution in [0.15, 0.2) is 65.5 Å². The summed E-state index contributed by atoms with van der Waals surface area (Å²) < 4.78 is 9.43. The maximum absolute atomic E-state index is 12.8. The second kappa shape index (κ2) is 8.13. The lowest BCUT2D eigenvalue weighted by atomic mass is 10.1. The second-order valence-electron chi connectivity index (χ2n) is 7.00. The summed E-state index contributed by atoms with van der Waals surface area (Å²) in [5, 5.41) is 6.42. The number of fused-ring (bicyclic) bond motifs is 1. The van der Waals surface area contributed by atoms with Gasteiger partial charge < -0.3 is 4.74 Å². The number of benzene rings is 2. The molecule has 0 saturated heterocycles. The lowest BCUT2D eigenvalue weighted by Gasteiger charge is -2.13. The molecule has 0 amide bonds. The summed E-state index contributed by atoms with van der Waals surface area (Å²) in [7, 11) is 0. The minimum absolute atomic E-state index is 0.0291. The second-order valence-corrected chi connectivity index (χ2v) is 7.44. The Kier molecular flexibility index (Phi) is 5.41. The van der Waals surface area contributed by atoms with Crippen LogP contribution in [0.25, 0.3) is 16.7 Å². The van der Waals surface area contributed by atoms with Crippen molar-refractivity contribution in [3.63, 3.8) is 0 Å². The molecule has 4 aromatic rings. The molecular formula is C23H22ClN3O2. The lowest BCUT2D eigenvalue weighted by molar-refractivity contribution is 0.301. The molecule has 29 heavy (non-hydrogen) atoms. The van der Waals surface area contributed by atoms with E-state index in [1.54, 1.807) is 22.8 Å². The fourth-order valence-corrected chi connectivity index (χ4v) is 3.70. The van der Waals surface area contributed by atoms with Gasteiger partial charge in [-0.25, -0.2) is 4.68 Å². The van der Waals surface area contributed by atoms with Crippen LogP contribution in [0.4, 0.5) is 0 Å². The third-order valence-electron chi connectivity index (χ3n) is 4.90. The Morgan fingerprint density at radius 2 is 1.76 bits per heavy atom. The molecule has 6 heteroatoms. The molecule has 0 bridgehead atoms. The number of hydrogen-bond donors (Lipinski definition) is 0. The van der Waals surface area contributed by atoms with Gasteiger partial charge in [0.05, 0.1) is 18.0 Å². The Labute approximate surface area is 174 Å². The highest BCUT2D eigenvalue weighted by molar-refractivity contribution is 6.30. The van der Waals surface area contributed by atoms with Gasteiger partial charge in [0.1, 0.15) is 11.4 Å². The lowest BCUT2D eigenvalue weighted by Crippen LogP contribution is -2.23. The number of rotatable bonds is 6. The van der Waals surface area contributed by atoms with Gasteiger partial charge in [0.25, 0.3) is 5.56 Å². The van der Waals surface area contributed by atoms with Crippen molar-refractivity contribution in [3.8, 4) is 11.4 Å². The molecule has 0 aliphatic rings. The molecule has 0 aliphatic carbocycles. The minimum atomic E-state index is -0.0291. The summed E-state index contributed by atoms with van der Waals surface area (Å²) in [4.78, 5) is 12.8. The zero-order chi connectivity index (χ0) is 20.4. The average molecular weight is 408 g/mol. The van der Waals surface area contributed by atoms with Gasteiger partial charge in [-0.1, -0.05) is 29.8 Å². The third kappa shape index (κ3) is 3.91. The zero-order valence-corrected chi connectivity index (χ0v) is 17.2. The van der Waals surface area contributed by atoms with Crippen LogP contribution in [0.3, 0.4) is 0 Å². The van der Waals surface area contributed by atoms with Gasteiger partial charge >= 0.3 is 0 Å². The Morgan fingerprint density at radius 3 is 2.48 bits per heavy atom. The minimum Gasteiger partial charge on any atom is -0.494 e. The average Bonchev–Trinajstić information content (AvgIpc) is 3.07. The van der Waals surface area contributed by atoms with Gasteiger partial charge in [-0.2, -0.15) is 5.10 Å². The molecular weight excluding hydrogens is 386 g/mol. The number of hydrogen-bond acceptors (Lipinski definition) is 3. The van der Waals surface area contributed by atoms with Crippen LogP contribution in [0.1, 0.15) is 17.7 Å². The van der Waals surface area contributed by atoms with Crippen molar-refractivity contribution >= 4 is 22.6 Å². The number of ether oxygens (including phenoxy) is 1. The first-order valence-corrected chi connectivity index (χ1v) is 9.96. The molecule has 0 spiro atoms. The summed E-state index contributed by atoms with van der Waals surface area (Å²) in [5.41, 5.74) is 3.58. The molecule has 4 rings (SSSR count). The van der Waals surface area contributed by atoms with E-state index in [2.05, 4.69) is 0 Å². The predicted molar refractivity (Wildman–Crippen MR) is 116 cm³/mol. The highest BCUT2D eigenvalue weighted by atomic mass is 35.5. The monoisotopic (exact) mass is 407 g/mol. The number of aryl methyl sites for hydroxylation is 3. The molecule has 2 aromatic heterocycles. The van der Waals surface area contributed by atoms with E-state index in [9.17, 15) is 4.79 Å². The van der Waals surface area contributed by atoms with Crippen molar-refractivity contribution in [1.82, 2.24) is 14.3 Å². The summed E-state index contributed by atoms with van der Waals surface area (Å²) in [5.74, 6) is 0.765. The van der Waals surface area contributed by atoms with Gasteiger partial charge in [-0.05, 0) is 62.2 Å². The molecule has 0 radical (unpaired) electrons. The van der Waals surface area contributed by atoms with E-state index >= 15 is 0 Å². The molecule has 0 atom stereocenters. The standard InChI is InChI=1S/C23H22ClN3O2/c1-16-15-21(28)26(13-6-14-29-20-11-9-18(24)10-12-20)23-22(16)17(2)25-27(23)19-7-4-3-5-8-19/h3-5,7-12,15H,6,13-14H2,1-2H3. The van der Waals surface area contributed by atoms with E-state index in [0.29, 0.717) is 24.6 Å². The molecule has 2 aromatic carbocycles. The number of halogens is 1. The molecule has 0 N–H and O–H groups in total. The number of aromatic nitrogens is 3. The predicted octanol–water partition coefficient (Wildman–Crippen LogP) is 4.93. The topological polar surface area (TPSA) is 49.1 Å². The van der Waals surface area contributed by atoms with E-state index < -0.39 is 0 Å². The van der Waals surface area contributed by atoms with Crippen molar-refractivity contribution in [2.45, 2.75) is 26.8 Å². The van der Waals surface area contributed by atoms with Gasteiger partial charge in [-0.3, -0.25) is 9.36 Å². The molecule has 0 unspecified atom stereocenters. The Bertz CT molecular complexity index is 1200. The van der Waals surface area contributed by atoms with E-state index in [4.69, 9.17) is 21.4 Å². The normalized spacial score (nSPS) is 11.1. The molecule has 5 nitrogen and oxygen atoms in total. The van der Waals surface area contributed by atoms with Gasteiger partial charge in [0.2, 0.25) is 0 Å². The van der Waals surface area contributed by atoms with Crippen molar-refractivity contribution in [2.75, 3.05) is 6.61 Å². The quantitative estimate of drug-likeness (QED) is 0.426. The van der Waals surface area contributed by atoms with Gasteiger partial charge in [-0.15, -0.1) is 0 Å². The number of nitrogens with zero attached hydrogens (tertiary/aromatic N) is 3. The van der Waals surface area contributed by atoms with Crippen molar-refractivity contribution in [1.29, 1.82) is 0 Å². The first-order chi connectivity index (χ1) is 14.0. The molecule has 2 heterocycles. The fourth-order valence-electron chi connectivity index (χ4n) is 3.57. The Morgan fingerprint density at radius 1 is 1.03 bits per heavy atom. The van der Waals surface area contributed by atoms with Crippen LogP contribution >= 0.6 is 11.6 Å². The Balaban J connectivity index is 1.65. The van der Waals surface area contributed by atoms with Crippen LogP contribution in [-0.2, 0) is 6.54 Å². The third-order valence-corrected chi connectivity index (χ3v) is 5.15. The van der Waals surface area contributed by atoms with Gasteiger partial charge in [0, 0.05) is 23.0 Å². The zero-order valence-electron chi connectivity index (χ0n) is 16.4. The van der Waals surface area contributed by atoms with E-state index in [-0.39, 0.29) is 5.56 Å². The Hall–Kier alpha value is -3.05. The smallest absolute Gasteiger partial charge is 0.252 e. The van der Waals surface area contributed by atoms with E-state index in [1.165, 1.54) is 0 Å². The van der Waals surface area contributed by atoms with Crippen LogP contribution in [0.2, 0.25) is 5.02 Å². The molecule has 0 aliphatic heterocycles. The molecule has 148 valence electrons.